The molecule has 0 aromatic heterocycles. The van der Waals surface area contributed by atoms with Crippen molar-refractivity contribution in [3.8, 4) is 0 Å². The molecule has 0 fully saturated rings. The fraction of sp³-hybridized carbons (Fsp3) is 0. The van der Waals surface area contributed by atoms with Crippen molar-refractivity contribution >= 4 is 18.5 Å². The molecule has 0 bridgehead atoms. The first-order valence-electron chi connectivity index (χ1n) is 0.716. The number of carboxylic acid groups (broad SMARTS) is 1. The predicted molar refractivity (Wildman–Crippen MR) is 24.5 cm³/mol. The van der Waals surface area contributed by atoms with Crippen LogP contribution < -0.4 is 11.9 Å². The highest BCUT2D eigenvalue weighted by Crippen LogP contribution is 1.34. The maximum Gasteiger partial charge on any atom is 0.402 e. The summed E-state index contributed by atoms with van der Waals surface area (Å²) in [7, 11) is 0. The number of hydrogen-bond donors (Lipinski definition) is 3. The molecule has 0 aromatic carbocycles. The van der Waals surface area contributed by atoms with E-state index in [1.54, 1.807) is 0 Å². The maximum atomic E-state index is 8.78. The van der Waals surface area contributed by atoms with E-state index in [9.17, 15) is 0 Å². The van der Waals surface area contributed by atoms with E-state index in [-0.39, 0.29) is 18.6 Å². The van der Waals surface area contributed by atoms with Crippen LogP contribution >= 0.6 is 12.4 Å². The molecule has 6 N–H and O–H groups in total. The van der Waals surface area contributed by atoms with E-state index in [1.165, 1.54) is 0 Å². The number of hydrogen-bond acceptors (Lipinski definition) is 2. The third-order valence-corrected chi connectivity index (χ3v) is 0. The van der Waals surface area contributed by atoms with Gasteiger partial charge < -0.3 is 17.0 Å². The topological polar surface area (TPSA) is 98.3 Å². The first-order valence-corrected chi connectivity index (χ1v) is 0.716. The fourth-order valence-corrected chi connectivity index (χ4v) is 0. The van der Waals surface area contributed by atoms with Gasteiger partial charge in [0.25, 0.3) is 0 Å². The lowest BCUT2D eigenvalue weighted by Gasteiger charge is -1.61. The lowest BCUT2D eigenvalue weighted by Crippen LogP contribution is -2.03. The monoisotopic (exact) mass is 114 g/mol. The molecular formula is CH7ClN2O2. The van der Waals surface area contributed by atoms with Gasteiger partial charge in [-0.25, -0.2) is 4.79 Å². The standard InChI is InChI=1S/CH3NO2.ClH.H3N/c2-1(3)4;;/h2H2,(H,3,4);1H;1H3. The molecule has 0 aromatic rings. The summed E-state index contributed by atoms with van der Waals surface area (Å²) in [6.07, 6.45) is -1.33. The van der Waals surface area contributed by atoms with Gasteiger partial charge in [0.05, 0.1) is 0 Å². The minimum absolute atomic E-state index is 0. The zero-order valence-electron chi connectivity index (χ0n) is 3.05. The summed E-state index contributed by atoms with van der Waals surface area (Å²) >= 11 is 0. The van der Waals surface area contributed by atoms with Crippen molar-refractivity contribution in [3.05, 3.63) is 0 Å². The fourth-order valence-electron chi connectivity index (χ4n) is 0. The summed E-state index contributed by atoms with van der Waals surface area (Å²) in [6.45, 7) is 0. The van der Waals surface area contributed by atoms with Gasteiger partial charge in [-0.05, 0) is 0 Å². The molecule has 0 radical (unpaired) electrons. The van der Waals surface area contributed by atoms with Gasteiger partial charge in [-0.3, -0.25) is 0 Å². The van der Waals surface area contributed by atoms with Gasteiger partial charge in [0.2, 0.25) is 0 Å². The zero-order chi connectivity index (χ0) is 3.58. The molecular weight excluding hydrogens is 107 g/mol. The van der Waals surface area contributed by atoms with Crippen LogP contribution in [0.4, 0.5) is 4.79 Å². The highest BCUT2D eigenvalue weighted by Gasteiger charge is 1.65. The smallest absolute Gasteiger partial charge is 0.402 e. The number of carbonyl (C=O) groups is 1. The summed E-state index contributed by atoms with van der Waals surface area (Å²) in [6, 6.07) is 0. The Balaban J connectivity index is -0.0000000450. The molecule has 5 heteroatoms. The van der Waals surface area contributed by atoms with Crippen LogP contribution in [0.15, 0.2) is 0 Å². The van der Waals surface area contributed by atoms with Gasteiger partial charge in [0.1, 0.15) is 0 Å². The van der Waals surface area contributed by atoms with Gasteiger partial charge in [-0.15, -0.1) is 12.4 Å². The molecule has 6 heavy (non-hydrogen) atoms. The van der Waals surface area contributed by atoms with E-state index >= 15 is 0 Å². The Kier molecular flexibility index (Phi) is 26.1. The normalized spacial score (nSPS) is 4.00. The quantitative estimate of drug-likeness (QED) is 0.420. The average Bonchev–Trinajstić information content (AvgIpc) is 0.811. The highest BCUT2D eigenvalue weighted by atomic mass is 35.5. The van der Waals surface area contributed by atoms with Crippen molar-refractivity contribution in [1.29, 1.82) is 0 Å². The Bertz CT molecular complexity index is 34.5. The third kappa shape index (κ3) is 97.0. The van der Waals surface area contributed by atoms with Crippen molar-refractivity contribution in [2.75, 3.05) is 0 Å². The molecule has 0 saturated carbocycles. The first-order chi connectivity index (χ1) is 1.73. The van der Waals surface area contributed by atoms with Crippen LogP contribution in [0.1, 0.15) is 0 Å². The average molecular weight is 115 g/mol. The molecule has 0 spiro atoms. The summed E-state index contributed by atoms with van der Waals surface area (Å²) in [5.74, 6) is 0. The van der Waals surface area contributed by atoms with Crippen molar-refractivity contribution in [1.82, 2.24) is 6.15 Å². The van der Waals surface area contributed by atoms with Crippen LogP contribution in [0.2, 0.25) is 0 Å². The van der Waals surface area contributed by atoms with Crippen LogP contribution in [-0.2, 0) is 0 Å². The number of primary amides is 1. The van der Waals surface area contributed by atoms with Gasteiger partial charge in [-0.1, -0.05) is 0 Å². The Hall–Kier alpha value is -0.480. The van der Waals surface area contributed by atoms with Crippen molar-refractivity contribution in [2.45, 2.75) is 0 Å². The predicted octanol–water partition coefficient (Wildman–Crippen LogP) is 0.207. The second kappa shape index (κ2) is 8.82. The maximum absolute atomic E-state index is 8.78. The molecule has 0 aliphatic heterocycles. The molecule has 0 aliphatic carbocycles. The lowest BCUT2D eigenvalue weighted by molar-refractivity contribution is 0.205. The molecule has 40 valence electrons. The summed E-state index contributed by atoms with van der Waals surface area (Å²) in [4.78, 5) is 8.78. The number of amides is 1. The van der Waals surface area contributed by atoms with Crippen LogP contribution in [-0.4, -0.2) is 11.2 Å². The van der Waals surface area contributed by atoms with Crippen LogP contribution in [0, 0.1) is 0 Å². The number of nitrogens with two attached hydrogens (primary N) is 1. The first kappa shape index (κ1) is 17.8. The third-order valence-electron chi connectivity index (χ3n) is 0. The molecule has 0 atom stereocenters. The van der Waals surface area contributed by atoms with Gasteiger partial charge >= 0.3 is 6.09 Å². The molecule has 0 aliphatic rings. The van der Waals surface area contributed by atoms with Crippen molar-refractivity contribution < 1.29 is 9.90 Å². The molecule has 0 heterocycles. The summed E-state index contributed by atoms with van der Waals surface area (Å²) in [5.41, 5.74) is 4.03. The lowest BCUT2D eigenvalue weighted by atomic mass is 11.3. The Morgan fingerprint density at radius 2 is 1.67 bits per heavy atom. The van der Waals surface area contributed by atoms with Gasteiger partial charge in [-0.2, -0.15) is 0 Å². The second-order valence-corrected chi connectivity index (χ2v) is 0.338. The summed E-state index contributed by atoms with van der Waals surface area (Å²) < 4.78 is 0. The van der Waals surface area contributed by atoms with Gasteiger partial charge in [0.15, 0.2) is 0 Å². The van der Waals surface area contributed by atoms with Crippen LogP contribution in [0.3, 0.4) is 0 Å². The Morgan fingerprint density at radius 1 is 1.67 bits per heavy atom. The molecule has 1 amide bonds. The van der Waals surface area contributed by atoms with Crippen LogP contribution in [0.25, 0.3) is 0 Å². The minimum atomic E-state index is -1.33. The largest absolute Gasteiger partial charge is 0.465 e. The SMILES string of the molecule is Cl.N.NC(=O)O. The van der Waals surface area contributed by atoms with Crippen molar-refractivity contribution in [3.63, 3.8) is 0 Å². The molecule has 0 saturated heterocycles. The highest BCUT2D eigenvalue weighted by molar-refractivity contribution is 5.85. The zero-order valence-corrected chi connectivity index (χ0v) is 3.86. The Labute approximate surface area is 41.3 Å². The molecule has 4 nitrogen and oxygen atoms in total. The van der Waals surface area contributed by atoms with E-state index < -0.39 is 6.09 Å². The van der Waals surface area contributed by atoms with E-state index in [0.29, 0.717) is 0 Å². The molecule has 0 unspecified atom stereocenters. The van der Waals surface area contributed by atoms with Crippen molar-refractivity contribution in [2.24, 2.45) is 5.73 Å². The minimum Gasteiger partial charge on any atom is -0.465 e. The summed E-state index contributed by atoms with van der Waals surface area (Å²) in [5, 5.41) is 7.19. The van der Waals surface area contributed by atoms with E-state index in [4.69, 9.17) is 9.90 Å². The Morgan fingerprint density at radius 3 is 1.67 bits per heavy atom. The van der Waals surface area contributed by atoms with Crippen LogP contribution in [0.5, 0.6) is 0 Å². The van der Waals surface area contributed by atoms with E-state index in [2.05, 4.69) is 5.73 Å². The number of rotatable bonds is 0. The second-order valence-electron chi connectivity index (χ2n) is 0.338. The molecule has 0 rings (SSSR count). The number of halogens is 1. The van der Waals surface area contributed by atoms with E-state index in [0.717, 1.165) is 0 Å². The van der Waals surface area contributed by atoms with Gasteiger partial charge in [0, 0.05) is 0 Å². The van der Waals surface area contributed by atoms with E-state index in [1.807, 2.05) is 0 Å².